The molecule has 1 aromatic heterocycles. The fraction of sp³-hybridized carbons (Fsp3) is 0.409. The van der Waals surface area contributed by atoms with Crippen LogP contribution >= 0.6 is 11.3 Å². The summed E-state index contributed by atoms with van der Waals surface area (Å²) in [6, 6.07) is 6.54. The first-order valence-corrected chi connectivity index (χ1v) is 10.9. The summed E-state index contributed by atoms with van der Waals surface area (Å²) in [6.45, 7) is 4.96. The lowest BCUT2D eigenvalue weighted by molar-refractivity contribution is -0.131. The molecule has 2 N–H and O–H groups in total. The molecule has 0 unspecified atom stereocenters. The van der Waals surface area contributed by atoms with Crippen LogP contribution in [0.2, 0.25) is 0 Å². The number of para-hydroxylation sites is 1. The number of aryl methyl sites for hydroxylation is 1. The second kappa shape index (κ2) is 10.4. The van der Waals surface area contributed by atoms with Crippen molar-refractivity contribution >= 4 is 34.1 Å². The van der Waals surface area contributed by atoms with Crippen molar-refractivity contribution in [2.45, 2.75) is 39.5 Å². The van der Waals surface area contributed by atoms with Gasteiger partial charge in [0.2, 0.25) is 0 Å². The maximum Gasteiger partial charge on any atom is 0.308 e. The van der Waals surface area contributed by atoms with Crippen molar-refractivity contribution in [1.82, 2.24) is 5.32 Å². The molecule has 1 heterocycles. The van der Waals surface area contributed by atoms with Gasteiger partial charge in [-0.1, -0.05) is 12.1 Å². The molecule has 0 fully saturated rings. The zero-order valence-corrected chi connectivity index (χ0v) is 18.0. The van der Waals surface area contributed by atoms with E-state index in [1.54, 1.807) is 24.3 Å². The third-order valence-electron chi connectivity index (χ3n) is 4.72. The molecule has 0 saturated heterocycles. The van der Waals surface area contributed by atoms with Crippen molar-refractivity contribution in [2.24, 2.45) is 0 Å². The van der Waals surface area contributed by atoms with Crippen molar-refractivity contribution in [3.05, 3.63) is 45.8 Å². The number of esters is 1. The average molecular weight is 431 g/mol. The second-order valence-corrected chi connectivity index (χ2v) is 8.02. The third-order valence-corrected chi connectivity index (χ3v) is 5.92. The number of nitrogens with one attached hydrogen (secondary N) is 2. The number of ether oxygens (including phenoxy) is 2. The molecule has 0 aliphatic heterocycles. The topological polar surface area (TPSA) is 93.7 Å². The molecule has 1 aliphatic carbocycles. The van der Waals surface area contributed by atoms with Gasteiger partial charge in [0.15, 0.2) is 0 Å². The minimum atomic E-state index is -0.502. The first kappa shape index (κ1) is 22.0. The molecule has 0 spiro atoms. The van der Waals surface area contributed by atoms with Crippen molar-refractivity contribution in [3.63, 3.8) is 0 Å². The molecule has 0 saturated carbocycles. The molecule has 7 nitrogen and oxygen atoms in total. The first-order chi connectivity index (χ1) is 14.5. The van der Waals surface area contributed by atoms with E-state index >= 15 is 0 Å². The minimum absolute atomic E-state index is 0.186. The number of rotatable bonds is 9. The number of fused-ring (bicyclic) bond motifs is 1. The molecular formula is C22H26N2O5S. The highest BCUT2D eigenvalue weighted by atomic mass is 32.1. The summed E-state index contributed by atoms with van der Waals surface area (Å²) >= 11 is 1.44. The summed E-state index contributed by atoms with van der Waals surface area (Å²) in [4.78, 5) is 38.3. The number of benzene rings is 1. The number of anilines is 1. The van der Waals surface area contributed by atoms with Gasteiger partial charge in [-0.05, 0) is 50.3 Å². The van der Waals surface area contributed by atoms with Crippen LogP contribution in [0.4, 0.5) is 5.00 Å². The largest absolute Gasteiger partial charge is 0.426 e. The Labute approximate surface area is 179 Å². The van der Waals surface area contributed by atoms with Crippen LogP contribution in [0.3, 0.4) is 0 Å². The molecule has 160 valence electrons. The average Bonchev–Trinajstić information content (AvgIpc) is 3.28. The Balaban J connectivity index is 1.78. The zero-order valence-electron chi connectivity index (χ0n) is 17.2. The van der Waals surface area contributed by atoms with Gasteiger partial charge in [-0.3, -0.25) is 14.4 Å². The van der Waals surface area contributed by atoms with E-state index in [0.717, 1.165) is 36.1 Å². The van der Waals surface area contributed by atoms with Crippen LogP contribution in [-0.4, -0.2) is 37.5 Å². The van der Waals surface area contributed by atoms with Crippen molar-refractivity contribution in [1.29, 1.82) is 0 Å². The Hall–Kier alpha value is -2.71. The molecule has 0 atom stereocenters. The Kier molecular flexibility index (Phi) is 7.59. The van der Waals surface area contributed by atoms with Crippen LogP contribution in [0.5, 0.6) is 5.75 Å². The van der Waals surface area contributed by atoms with E-state index < -0.39 is 11.9 Å². The predicted molar refractivity (Wildman–Crippen MR) is 115 cm³/mol. The predicted octanol–water partition coefficient (Wildman–Crippen LogP) is 3.57. The van der Waals surface area contributed by atoms with Crippen LogP contribution in [0.15, 0.2) is 24.3 Å². The van der Waals surface area contributed by atoms with Gasteiger partial charge in [-0.15, -0.1) is 11.3 Å². The lowest BCUT2D eigenvalue weighted by atomic mass is 10.1. The number of thiophene rings is 1. The van der Waals surface area contributed by atoms with Gasteiger partial charge in [-0.2, -0.15) is 0 Å². The summed E-state index contributed by atoms with van der Waals surface area (Å²) in [6.07, 6.45) is 3.47. The van der Waals surface area contributed by atoms with E-state index in [1.165, 1.54) is 18.3 Å². The number of amides is 2. The van der Waals surface area contributed by atoms with Gasteiger partial charge in [0, 0.05) is 31.6 Å². The maximum absolute atomic E-state index is 12.9. The van der Waals surface area contributed by atoms with E-state index in [4.69, 9.17) is 9.47 Å². The highest BCUT2D eigenvalue weighted by molar-refractivity contribution is 7.17. The Morgan fingerprint density at radius 2 is 1.93 bits per heavy atom. The van der Waals surface area contributed by atoms with Crippen molar-refractivity contribution in [3.8, 4) is 5.75 Å². The second-order valence-electron chi connectivity index (χ2n) is 6.91. The number of carbonyl (C=O) groups is 3. The number of carbonyl (C=O) groups excluding carboxylic acids is 3. The van der Waals surface area contributed by atoms with Crippen LogP contribution in [-0.2, 0) is 22.4 Å². The third kappa shape index (κ3) is 5.25. The summed E-state index contributed by atoms with van der Waals surface area (Å²) in [7, 11) is 0. The van der Waals surface area contributed by atoms with Crippen molar-refractivity contribution in [2.75, 3.05) is 25.1 Å². The van der Waals surface area contributed by atoms with Gasteiger partial charge in [-0.25, -0.2) is 0 Å². The fourth-order valence-electron chi connectivity index (χ4n) is 3.41. The Morgan fingerprint density at radius 1 is 1.13 bits per heavy atom. The molecule has 3 rings (SSSR count). The summed E-state index contributed by atoms with van der Waals surface area (Å²) in [5.41, 5.74) is 1.80. The van der Waals surface area contributed by atoms with E-state index in [0.29, 0.717) is 30.3 Å². The molecule has 0 radical (unpaired) electrons. The molecule has 2 amide bonds. The van der Waals surface area contributed by atoms with Gasteiger partial charge in [0.25, 0.3) is 11.8 Å². The number of hydrogen-bond acceptors (Lipinski definition) is 6. The van der Waals surface area contributed by atoms with Crippen LogP contribution in [0, 0.1) is 0 Å². The van der Waals surface area contributed by atoms with Crippen LogP contribution in [0.25, 0.3) is 0 Å². The van der Waals surface area contributed by atoms with Gasteiger partial charge in [0.1, 0.15) is 10.8 Å². The minimum Gasteiger partial charge on any atom is -0.426 e. The van der Waals surface area contributed by atoms with Gasteiger partial charge >= 0.3 is 5.97 Å². The Bertz CT molecular complexity index is 938. The van der Waals surface area contributed by atoms with E-state index in [-0.39, 0.29) is 17.2 Å². The quantitative estimate of drug-likeness (QED) is 0.360. The summed E-state index contributed by atoms with van der Waals surface area (Å²) < 4.78 is 10.4. The van der Waals surface area contributed by atoms with Gasteiger partial charge < -0.3 is 20.1 Å². The van der Waals surface area contributed by atoms with Crippen molar-refractivity contribution < 1.29 is 23.9 Å². The molecule has 2 aromatic rings. The smallest absolute Gasteiger partial charge is 0.308 e. The molecule has 0 bridgehead atoms. The normalized spacial score (nSPS) is 12.3. The lowest BCUT2D eigenvalue weighted by Gasteiger charge is -2.11. The van der Waals surface area contributed by atoms with Crippen LogP contribution in [0.1, 0.15) is 57.8 Å². The maximum atomic E-state index is 12.9. The molecular weight excluding hydrogens is 404 g/mol. The fourth-order valence-corrected chi connectivity index (χ4v) is 4.69. The summed E-state index contributed by atoms with van der Waals surface area (Å²) in [5, 5.41) is 6.33. The summed E-state index contributed by atoms with van der Waals surface area (Å²) in [5.74, 6) is -0.919. The van der Waals surface area contributed by atoms with Crippen LogP contribution < -0.4 is 15.4 Å². The van der Waals surface area contributed by atoms with E-state index in [9.17, 15) is 14.4 Å². The molecule has 1 aliphatic rings. The van der Waals surface area contributed by atoms with Gasteiger partial charge in [0.05, 0.1) is 11.1 Å². The number of hydrogen-bond donors (Lipinski definition) is 2. The standard InChI is InChI=1S/C22H26N2O5S/c1-3-28-13-7-12-23-21(27)19-16-9-6-11-18(16)30-22(19)24-20(26)15-8-4-5-10-17(15)29-14(2)25/h4-5,8,10H,3,6-7,9,11-13H2,1-2H3,(H,23,27)(H,24,26). The molecule has 30 heavy (non-hydrogen) atoms. The SMILES string of the molecule is CCOCCCNC(=O)c1c(NC(=O)c2ccccc2OC(C)=O)sc2c1CCC2. The highest BCUT2D eigenvalue weighted by Gasteiger charge is 2.28. The highest BCUT2D eigenvalue weighted by Crippen LogP contribution is 2.39. The van der Waals surface area contributed by atoms with E-state index in [1.807, 2.05) is 6.92 Å². The monoisotopic (exact) mass is 430 g/mol. The Morgan fingerprint density at radius 3 is 2.70 bits per heavy atom. The first-order valence-electron chi connectivity index (χ1n) is 10.1. The molecule has 8 heteroatoms. The van der Waals surface area contributed by atoms with E-state index in [2.05, 4.69) is 10.6 Å². The molecule has 1 aromatic carbocycles. The lowest BCUT2D eigenvalue weighted by Crippen LogP contribution is -2.27. The zero-order chi connectivity index (χ0) is 21.5.